The fourth-order valence-corrected chi connectivity index (χ4v) is 2.50. The Labute approximate surface area is 109 Å². The predicted octanol–water partition coefficient (Wildman–Crippen LogP) is 1.02. The average molecular weight is 268 g/mol. The van der Waals surface area contributed by atoms with Gasteiger partial charge in [0, 0.05) is 13.6 Å². The van der Waals surface area contributed by atoms with Gasteiger partial charge >= 0.3 is 11.8 Å². The molecule has 8 heteroatoms. The lowest BCUT2D eigenvalue weighted by atomic mass is 9.92. The highest BCUT2D eigenvalue weighted by molar-refractivity contribution is 5.79. The fourth-order valence-electron chi connectivity index (χ4n) is 2.50. The number of carboxylic acid groups (broad SMARTS) is 1. The largest absolute Gasteiger partial charge is 0.480 e. The molecule has 8 nitrogen and oxygen atoms in total. The van der Waals surface area contributed by atoms with Gasteiger partial charge in [0.05, 0.1) is 0 Å². The number of carbonyl (C=O) groups is 1. The molecule has 0 bridgehead atoms. The third-order valence-corrected chi connectivity index (χ3v) is 3.48. The van der Waals surface area contributed by atoms with Crippen LogP contribution in [0, 0.1) is 16.0 Å². The van der Waals surface area contributed by atoms with Crippen molar-refractivity contribution >= 4 is 17.6 Å². The highest BCUT2D eigenvalue weighted by Gasteiger charge is 2.37. The van der Waals surface area contributed by atoms with Gasteiger partial charge in [-0.1, -0.05) is 6.92 Å². The normalized spacial score (nSPS) is 23.4. The van der Waals surface area contributed by atoms with Gasteiger partial charge in [0.15, 0.2) is 0 Å². The first-order valence-electron chi connectivity index (χ1n) is 6.07. The Kier molecular flexibility index (Phi) is 3.41. The number of rotatable bonds is 3. The fraction of sp³-hybridized carbons (Fsp3) is 0.636. The third-order valence-electron chi connectivity index (χ3n) is 3.48. The number of aromatic nitrogens is 2. The number of piperidine rings is 1. The number of carboxylic acids is 1. The number of hydrogen-bond donors (Lipinski definition) is 1. The van der Waals surface area contributed by atoms with Crippen LogP contribution in [0.15, 0.2) is 6.33 Å². The molecule has 2 heterocycles. The minimum atomic E-state index is -0.956. The van der Waals surface area contributed by atoms with Crippen molar-refractivity contribution in [3.05, 3.63) is 16.4 Å². The number of imidazole rings is 1. The summed E-state index contributed by atoms with van der Waals surface area (Å²) in [5.41, 5.74) is 0. The summed E-state index contributed by atoms with van der Waals surface area (Å²) in [6, 6.07) is -0.738. The van der Waals surface area contributed by atoms with Gasteiger partial charge in [0.2, 0.25) is 12.1 Å². The molecule has 0 radical (unpaired) electrons. The number of aliphatic carboxylic acids is 1. The van der Waals surface area contributed by atoms with Gasteiger partial charge in [-0.15, -0.1) is 0 Å². The summed E-state index contributed by atoms with van der Waals surface area (Å²) < 4.78 is 1.50. The summed E-state index contributed by atoms with van der Waals surface area (Å²) in [6.07, 6.45) is 2.63. The van der Waals surface area contributed by atoms with Gasteiger partial charge in [-0.2, -0.15) is 0 Å². The summed E-state index contributed by atoms with van der Waals surface area (Å²) in [5.74, 6) is -0.681. The number of aryl methyl sites for hydroxylation is 1. The SMILES string of the molecule is CC1CCN(c2c([N+](=O)[O-])ncn2C)C(C(=O)O)C1. The smallest absolute Gasteiger partial charge is 0.406 e. The zero-order chi connectivity index (χ0) is 14.2. The molecule has 0 aliphatic carbocycles. The molecule has 1 N–H and O–H groups in total. The summed E-state index contributed by atoms with van der Waals surface area (Å²) >= 11 is 0. The van der Waals surface area contributed by atoms with Crippen LogP contribution in [-0.2, 0) is 11.8 Å². The summed E-state index contributed by atoms with van der Waals surface area (Å²) in [4.78, 5) is 27.1. The number of nitrogens with zero attached hydrogens (tertiary/aromatic N) is 4. The van der Waals surface area contributed by atoms with Crippen LogP contribution in [0.1, 0.15) is 19.8 Å². The van der Waals surface area contributed by atoms with E-state index in [2.05, 4.69) is 4.98 Å². The number of anilines is 1. The Balaban J connectivity index is 2.41. The van der Waals surface area contributed by atoms with E-state index < -0.39 is 16.9 Å². The first kappa shape index (κ1) is 13.3. The van der Waals surface area contributed by atoms with Gasteiger partial charge in [0.25, 0.3) is 0 Å². The third kappa shape index (κ3) is 2.38. The molecular weight excluding hydrogens is 252 g/mol. The van der Waals surface area contributed by atoms with Crippen molar-refractivity contribution in [2.45, 2.75) is 25.8 Å². The van der Waals surface area contributed by atoms with Gasteiger partial charge in [0.1, 0.15) is 6.04 Å². The Hall–Kier alpha value is -2.12. The lowest BCUT2D eigenvalue weighted by Gasteiger charge is -2.36. The molecule has 1 saturated heterocycles. The molecule has 1 aliphatic rings. The first-order chi connectivity index (χ1) is 8.91. The van der Waals surface area contributed by atoms with Crippen molar-refractivity contribution in [1.82, 2.24) is 9.55 Å². The van der Waals surface area contributed by atoms with Crippen molar-refractivity contribution in [2.24, 2.45) is 13.0 Å². The predicted molar refractivity (Wildman–Crippen MR) is 67.0 cm³/mol. The van der Waals surface area contributed by atoms with E-state index in [1.165, 1.54) is 10.9 Å². The molecule has 1 aromatic rings. The van der Waals surface area contributed by atoms with Crippen LogP contribution in [0.5, 0.6) is 0 Å². The van der Waals surface area contributed by atoms with E-state index in [4.69, 9.17) is 0 Å². The van der Waals surface area contributed by atoms with Crippen molar-refractivity contribution in [2.75, 3.05) is 11.4 Å². The summed E-state index contributed by atoms with van der Waals surface area (Å²) in [6.45, 7) is 2.48. The molecular formula is C11H16N4O4. The average Bonchev–Trinajstić information content (AvgIpc) is 2.71. The number of hydrogen-bond acceptors (Lipinski definition) is 5. The van der Waals surface area contributed by atoms with Crippen LogP contribution < -0.4 is 4.90 Å². The van der Waals surface area contributed by atoms with E-state index in [9.17, 15) is 20.0 Å². The van der Waals surface area contributed by atoms with Crippen molar-refractivity contribution in [3.8, 4) is 0 Å². The van der Waals surface area contributed by atoms with Gasteiger partial charge < -0.3 is 20.1 Å². The summed E-state index contributed by atoms with van der Waals surface area (Å²) in [5, 5.41) is 20.3. The standard InChI is InChI=1S/C11H16N4O4/c1-7-3-4-14(8(5-7)11(16)17)10-9(15(18)19)12-6-13(10)2/h6-8H,3-5H2,1-2H3,(H,16,17). The van der Waals surface area contributed by atoms with E-state index in [1.807, 2.05) is 6.92 Å². The van der Waals surface area contributed by atoms with Gasteiger partial charge in [-0.25, -0.2) is 4.79 Å². The molecule has 0 aromatic carbocycles. The lowest BCUT2D eigenvalue weighted by molar-refractivity contribution is -0.388. The molecule has 2 atom stereocenters. The van der Waals surface area contributed by atoms with E-state index in [-0.39, 0.29) is 11.6 Å². The minimum Gasteiger partial charge on any atom is -0.480 e. The molecule has 0 amide bonds. The Morgan fingerprint density at radius 2 is 2.32 bits per heavy atom. The molecule has 0 saturated carbocycles. The van der Waals surface area contributed by atoms with E-state index in [0.29, 0.717) is 18.9 Å². The first-order valence-corrected chi connectivity index (χ1v) is 6.07. The highest BCUT2D eigenvalue weighted by Crippen LogP contribution is 2.33. The number of nitro groups is 1. The molecule has 2 rings (SSSR count). The van der Waals surface area contributed by atoms with Crippen LogP contribution >= 0.6 is 0 Å². The molecule has 2 unspecified atom stereocenters. The van der Waals surface area contributed by atoms with E-state index in [1.54, 1.807) is 11.9 Å². The minimum absolute atomic E-state index is 0.268. The van der Waals surface area contributed by atoms with Crippen LogP contribution in [0.2, 0.25) is 0 Å². The quantitative estimate of drug-likeness (QED) is 0.648. The maximum Gasteiger partial charge on any atom is 0.406 e. The molecule has 0 spiro atoms. The van der Waals surface area contributed by atoms with Crippen LogP contribution in [0.4, 0.5) is 11.6 Å². The van der Waals surface area contributed by atoms with E-state index >= 15 is 0 Å². The van der Waals surface area contributed by atoms with E-state index in [0.717, 1.165) is 6.42 Å². The van der Waals surface area contributed by atoms with Crippen LogP contribution in [0.3, 0.4) is 0 Å². The maximum absolute atomic E-state index is 11.4. The Bertz CT molecular complexity index is 513. The van der Waals surface area contributed by atoms with Crippen LogP contribution in [0.25, 0.3) is 0 Å². The van der Waals surface area contributed by atoms with Gasteiger partial charge in [-0.3, -0.25) is 4.57 Å². The zero-order valence-corrected chi connectivity index (χ0v) is 10.8. The second-order valence-corrected chi connectivity index (χ2v) is 4.94. The molecule has 1 aliphatic heterocycles. The van der Waals surface area contributed by atoms with Crippen molar-refractivity contribution in [3.63, 3.8) is 0 Å². The maximum atomic E-state index is 11.4. The van der Waals surface area contributed by atoms with Gasteiger partial charge in [-0.05, 0) is 28.7 Å². The Morgan fingerprint density at radius 3 is 2.89 bits per heavy atom. The second-order valence-electron chi connectivity index (χ2n) is 4.94. The zero-order valence-electron chi connectivity index (χ0n) is 10.8. The Morgan fingerprint density at radius 1 is 1.63 bits per heavy atom. The van der Waals surface area contributed by atoms with Crippen molar-refractivity contribution in [1.29, 1.82) is 0 Å². The summed E-state index contributed by atoms with van der Waals surface area (Å²) in [7, 11) is 1.63. The molecule has 104 valence electrons. The second kappa shape index (κ2) is 4.87. The molecule has 1 fully saturated rings. The van der Waals surface area contributed by atoms with Crippen LogP contribution in [-0.4, -0.2) is 38.1 Å². The molecule has 19 heavy (non-hydrogen) atoms. The monoisotopic (exact) mass is 268 g/mol. The molecule has 1 aromatic heterocycles. The topological polar surface area (TPSA) is 101 Å². The lowest BCUT2D eigenvalue weighted by Crippen LogP contribution is -2.47. The van der Waals surface area contributed by atoms with Crippen molar-refractivity contribution < 1.29 is 14.8 Å². The highest BCUT2D eigenvalue weighted by atomic mass is 16.6.